The standard InChI is InChI=1S/C31H34ClNO/c1-21-19-27(32)15-18-29(21)25-11-16-28(17-12-25)33-30(34)20-22-5-7-23(8-6-22)24-9-13-26(14-10-24)31(2,3)4/h5-9,11-12,15-19,26H,10,13-14,20H2,1-4H3,(H,33,34). The third kappa shape index (κ3) is 5.98. The maximum absolute atomic E-state index is 12.6. The number of hydrogen-bond acceptors (Lipinski definition) is 1. The van der Waals surface area contributed by atoms with E-state index in [1.165, 1.54) is 17.6 Å². The lowest BCUT2D eigenvalue weighted by Gasteiger charge is -2.33. The van der Waals surface area contributed by atoms with Crippen molar-refractivity contribution in [2.24, 2.45) is 11.3 Å². The van der Waals surface area contributed by atoms with E-state index < -0.39 is 0 Å². The van der Waals surface area contributed by atoms with Gasteiger partial charge >= 0.3 is 0 Å². The molecule has 0 spiro atoms. The Morgan fingerprint density at radius 2 is 1.65 bits per heavy atom. The summed E-state index contributed by atoms with van der Waals surface area (Å²) in [6.07, 6.45) is 6.31. The molecule has 2 nitrogen and oxygen atoms in total. The fourth-order valence-electron chi connectivity index (χ4n) is 4.79. The van der Waals surface area contributed by atoms with Crippen molar-refractivity contribution in [1.29, 1.82) is 0 Å². The van der Waals surface area contributed by atoms with Crippen LogP contribution in [0.15, 0.2) is 72.8 Å². The van der Waals surface area contributed by atoms with E-state index in [0.717, 1.165) is 51.7 Å². The quantitative estimate of drug-likeness (QED) is 0.396. The number of allylic oxidation sites excluding steroid dienone is 2. The first kappa shape index (κ1) is 24.3. The highest BCUT2D eigenvalue weighted by molar-refractivity contribution is 6.30. The van der Waals surface area contributed by atoms with Gasteiger partial charge in [0.25, 0.3) is 0 Å². The molecule has 4 rings (SSSR count). The predicted molar refractivity (Wildman–Crippen MR) is 145 cm³/mol. The highest BCUT2D eigenvalue weighted by Crippen LogP contribution is 2.39. The molecule has 0 fully saturated rings. The number of halogens is 1. The van der Waals surface area contributed by atoms with Crippen LogP contribution in [0.1, 0.15) is 56.7 Å². The highest BCUT2D eigenvalue weighted by atomic mass is 35.5. The van der Waals surface area contributed by atoms with Crippen LogP contribution in [0.3, 0.4) is 0 Å². The highest BCUT2D eigenvalue weighted by Gasteiger charge is 2.26. The van der Waals surface area contributed by atoms with E-state index in [9.17, 15) is 4.79 Å². The SMILES string of the molecule is Cc1cc(Cl)ccc1-c1ccc(NC(=O)Cc2ccc(C3=CCC(C(C)(C)C)CC3)cc2)cc1. The van der Waals surface area contributed by atoms with E-state index in [1.807, 2.05) is 42.5 Å². The van der Waals surface area contributed by atoms with Gasteiger partial charge in [-0.25, -0.2) is 0 Å². The average Bonchev–Trinajstić information content (AvgIpc) is 2.80. The average molecular weight is 472 g/mol. The molecule has 34 heavy (non-hydrogen) atoms. The van der Waals surface area contributed by atoms with E-state index in [2.05, 4.69) is 63.4 Å². The molecule has 1 aliphatic carbocycles. The predicted octanol–water partition coefficient (Wildman–Crippen LogP) is 8.73. The van der Waals surface area contributed by atoms with Crippen LogP contribution < -0.4 is 5.32 Å². The van der Waals surface area contributed by atoms with Crippen molar-refractivity contribution in [3.8, 4) is 11.1 Å². The van der Waals surface area contributed by atoms with Gasteiger partial charge in [0, 0.05) is 10.7 Å². The Labute approximate surface area is 209 Å². The third-order valence-electron chi connectivity index (χ3n) is 6.99. The van der Waals surface area contributed by atoms with Crippen LogP contribution in [0, 0.1) is 18.3 Å². The van der Waals surface area contributed by atoms with Gasteiger partial charge in [0.15, 0.2) is 0 Å². The number of anilines is 1. The Bertz CT molecular complexity index is 1180. The maximum atomic E-state index is 12.6. The van der Waals surface area contributed by atoms with E-state index in [-0.39, 0.29) is 5.91 Å². The monoisotopic (exact) mass is 471 g/mol. The number of amides is 1. The molecule has 0 bridgehead atoms. The number of benzene rings is 3. The smallest absolute Gasteiger partial charge is 0.228 e. The minimum Gasteiger partial charge on any atom is -0.326 e. The number of hydrogen-bond donors (Lipinski definition) is 1. The van der Waals surface area contributed by atoms with E-state index in [0.29, 0.717) is 11.8 Å². The van der Waals surface area contributed by atoms with Gasteiger partial charge in [-0.3, -0.25) is 4.79 Å². The van der Waals surface area contributed by atoms with Gasteiger partial charge in [0.1, 0.15) is 0 Å². The Hall–Kier alpha value is -2.84. The Kier molecular flexibility index (Phi) is 7.28. The number of aryl methyl sites for hydroxylation is 1. The van der Waals surface area contributed by atoms with E-state index in [4.69, 9.17) is 11.6 Å². The van der Waals surface area contributed by atoms with Gasteiger partial charge in [0.05, 0.1) is 6.42 Å². The second-order valence-electron chi connectivity index (χ2n) is 10.5. The molecule has 3 heteroatoms. The number of carbonyl (C=O) groups is 1. The van der Waals surface area contributed by atoms with Gasteiger partial charge in [-0.05, 0) is 95.2 Å². The molecule has 0 aromatic heterocycles. The second-order valence-corrected chi connectivity index (χ2v) is 11.0. The van der Waals surface area contributed by atoms with Crippen LogP contribution in [0.4, 0.5) is 5.69 Å². The van der Waals surface area contributed by atoms with Gasteiger partial charge in [-0.2, -0.15) is 0 Å². The zero-order chi connectivity index (χ0) is 24.3. The Morgan fingerprint density at radius 1 is 0.971 bits per heavy atom. The summed E-state index contributed by atoms with van der Waals surface area (Å²) in [6, 6.07) is 22.3. The van der Waals surface area contributed by atoms with Crippen molar-refractivity contribution < 1.29 is 4.79 Å². The van der Waals surface area contributed by atoms with Crippen molar-refractivity contribution in [2.75, 3.05) is 5.32 Å². The normalized spacial score (nSPS) is 16.1. The number of rotatable bonds is 5. The lowest BCUT2D eigenvalue weighted by molar-refractivity contribution is -0.115. The first-order valence-electron chi connectivity index (χ1n) is 12.1. The van der Waals surface area contributed by atoms with Crippen LogP contribution in [-0.2, 0) is 11.2 Å². The molecular weight excluding hydrogens is 438 g/mol. The zero-order valence-corrected chi connectivity index (χ0v) is 21.4. The van der Waals surface area contributed by atoms with Crippen molar-refractivity contribution >= 4 is 28.8 Å². The fraction of sp³-hybridized carbons (Fsp3) is 0.323. The molecule has 1 amide bonds. The second kappa shape index (κ2) is 10.2. The first-order valence-corrected chi connectivity index (χ1v) is 12.5. The Morgan fingerprint density at radius 3 is 2.24 bits per heavy atom. The van der Waals surface area contributed by atoms with Gasteiger partial charge in [-0.1, -0.05) is 80.9 Å². The molecule has 3 aromatic carbocycles. The summed E-state index contributed by atoms with van der Waals surface area (Å²) in [6.45, 7) is 9.07. The van der Waals surface area contributed by atoms with Crippen molar-refractivity contribution in [2.45, 2.75) is 53.4 Å². The summed E-state index contributed by atoms with van der Waals surface area (Å²) in [5, 5.41) is 3.76. The largest absolute Gasteiger partial charge is 0.326 e. The van der Waals surface area contributed by atoms with E-state index >= 15 is 0 Å². The third-order valence-corrected chi connectivity index (χ3v) is 7.23. The number of carbonyl (C=O) groups excluding carboxylic acids is 1. The lowest BCUT2D eigenvalue weighted by atomic mass is 9.72. The number of nitrogens with one attached hydrogen (secondary N) is 1. The van der Waals surface area contributed by atoms with Crippen LogP contribution in [0.25, 0.3) is 16.7 Å². The van der Waals surface area contributed by atoms with Crippen LogP contribution in [0.5, 0.6) is 0 Å². The van der Waals surface area contributed by atoms with Crippen LogP contribution in [-0.4, -0.2) is 5.91 Å². The molecule has 1 N–H and O–H groups in total. The van der Waals surface area contributed by atoms with Crippen LogP contribution in [0.2, 0.25) is 5.02 Å². The summed E-state index contributed by atoms with van der Waals surface area (Å²) in [4.78, 5) is 12.6. The molecule has 0 heterocycles. The van der Waals surface area contributed by atoms with Gasteiger partial charge in [0.2, 0.25) is 5.91 Å². The molecule has 0 saturated heterocycles. The maximum Gasteiger partial charge on any atom is 0.228 e. The molecule has 1 aliphatic rings. The zero-order valence-electron chi connectivity index (χ0n) is 20.6. The molecule has 0 radical (unpaired) electrons. The molecular formula is C31H34ClNO. The first-order chi connectivity index (χ1) is 16.2. The topological polar surface area (TPSA) is 29.1 Å². The summed E-state index contributed by atoms with van der Waals surface area (Å²) in [5.41, 5.74) is 8.30. The molecule has 0 saturated carbocycles. The summed E-state index contributed by atoms with van der Waals surface area (Å²) < 4.78 is 0. The van der Waals surface area contributed by atoms with E-state index in [1.54, 1.807) is 0 Å². The van der Waals surface area contributed by atoms with Crippen molar-refractivity contribution in [3.05, 3.63) is 94.5 Å². The molecule has 176 valence electrons. The van der Waals surface area contributed by atoms with Crippen molar-refractivity contribution in [1.82, 2.24) is 0 Å². The summed E-state index contributed by atoms with van der Waals surface area (Å²) >= 11 is 6.07. The van der Waals surface area contributed by atoms with Crippen molar-refractivity contribution in [3.63, 3.8) is 0 Å². The van der Waals surface area contributed by atoms with Gasteiger partial charge < -0.3 is 5.32 Å². The molecule has 1 unspecified atom stereocenters. The minimum atomic E-state index is -0.00641. The molecule has 3 aromatic rings. The van der Waals surface area contributed by atoms with Crippen LogP contribution >= 0.6 is 11.6 Å². The fourth-order valence-corrected chi connectivity index (χ4v) is 5.02. The lowest BCUT2D eigenvalue weighted by Crippen LogP contribution is -2.21. The molecule has 0 aliphatic heterocycles. The summed E-state index contributed by atoms with van der Waals surface area (Å²) in [5.74, 6) is 0.747. The minimum absolute atomic E-state index is 0.00641. The van der Waals surface area contributed by atoms with Gasteiger partial charge in [-0.15, -0.1) is 0 Å². The molecule has 1 atom stereocenters. The summed E-state index contributed by atoms with van der Waals surface area (Å²) in [7, 11) is 0. The Balaban J connectivity index is 1.34.